The molecule has 0 amide bonds. The Balaban J connectivity index is 0.000000229. The van der Waals surface area contributed by atoms with Crippen LogP contribution in [0.3, 0.4) is 0 Å². The van der Waals surface area contributed by atoms with Gasteiger partial charge in [-0.15, -0.1) is 0 Å². The van der Waals surface area contributed by atoms with Gasteiger partial charge in [-0.3, -0.25) is 0 Å². The van der Waals surface area contributed by atoms with Crippen molar-refractivity contribution in [3.8, 4) is 0 Å². The molecule has 1 atom stereocenters. The van der Waals surface area contributed by atoms with Gasteiger partial charge in [0.1, 0.15) is 0 Å². The standard InChI is InChI=1S/C15H30N2.C13H27NO/c1-3-4-14-5-7-15(8-6-14)12-17-10-9-16-13(2)11-17;1-3-9-14(10-4-2)11-12-5-7-13(15)8-6-12/h13-16H,3-12H2,1-2H3;12-13,15H,3-11H2,1-2H3/t13-,14?,15?;/m1./s1. The number of nitrogens with one attached hydrogen (secondary N) is 1. The quantitative estimate of drug-likeness (QED) is 0.457. The molecule has 3 rings (SSSR count). The van der Waals surface area contributed by atoms with Gasteiger partial charge >= 0.3 is 0 Å². The molecular weight excluding hydrogens is 394 g/mol. The Morgan fingerprint density at radius 2 is 1.41 bits per heavy atom. The highest BCUT2D eigenvalue weighted by molar-refractivity contribution is 4.80. The van der Waals surface area contributed by atoms with Gasteiger partial charge < -0.3 is 20.2 Å². The third kappa shape index (κ3) is 11.3. The second-order valence-electron chi connectivity index (χ2n) is 11.3. The highest BCUT2D eigenvalue weighted by Crippen LogP contribution is 2.32. The Labute approximate surface area is 200 Å². The summed E-state index contributed by atoms with van der Waals surface area (Å²) in [6, 6.07) is 0.695. The van der Waals surface area contributed by atoms with Gasteiger partial charge in [-0.1, -0.05) is 46.5 Å². The van der Waals surface area contributed by atoms with Crippen LogP contribution < -0.4 is 5.32 Å². The first kappa shape index (κ1) is 28.1. The van der Waals surface area contributed by atoms with E-state index in [0.717, 1.165) is 30.6 Å². The number of hydrogen-bond donors (Lipinski definition) is 2. The van der Waals surface area contributed by atoms with E-state index in [-0.39, 0.29) is 6.10 Å². The van der Waals surface area contributed by atoms with E-state index >= 15 is 0 Å². The Morgan fingerprint density at radius 3 is 1.97 bits per heavy atom. The fourth-order valence-electron chi connectivity index (χ4n) is 6.27. The first-order valence-electron chi connectivity index (χ1n) is 14.4. The molecule has 2 N–H and O–H groups in total. The van der Waals surface area contributed by atoms with Crippen molar-refractivity contribution in [2.24, 2.45) is 17.8 Å². The Morgan fingerprint density at radius 1 is 0.812 bits per heavy atom. The van der Waals surface area contributed by atoms with Crippen molar-refractivity contribution in [3.05, 3.63) is 0 Å². The largest absolute Gasteiger partial charge is 0.393 e. The molecule has 3 aliphatic rings. The van der Waals surface area contributed by atoms with Crippen LogP contribution in [0, 0.1) is 17.8 Å². The number of nitrogens with zero attached hydrogens (tertiary/aromatic N) is 2. The fourth-order valence-corrected chi connectivity index (χ4v) is 6.27. The average Bonchev–Trinajstić information content (AvgIpc) is 2.78. The molecule has 0 unspecified atom stereocenters. The number of piperazine rings is 1. The normalized spacial score (nSPS) is 31.9. The number of aliphatic hydroxyl groups is 1. The predicted molar refractivity (Wildman–Crippen MR) is 139 cm³/mol. The number of hydrogen-bond acceptors (Lipinski definition) is 4. The lowest BCUT2D eigenvalue weighted by molar-refractivity contribution is 0.0936. The van der Waals surface area contributed by atoms with Gasteiger partial charge in [-0.25, -0.2) is 0 Å². The van der Waals surface area contributed by atoms with Gasteiger partial charge in [-0.2, -0.15) is 0 Å². The molecule has 0 aromatic rings. The van der Waals surface area contributed by atoms with E-state index in [1.54, 1.807) is 0 Å². The molecule has 0 spiro atoms. The summed E-state index contributed by atoms with van der Waals surface area (Å²) in [5, 5.41) is 13.0. The van der Waals surface area contributed by atoms with Crippen LogP contribution in [0.2, 0.25) is 0 Å². The topological polar surface area (TPSA) is 38.7 Å². The molecule has 0 bridgehead atoms. The molecule has 190 valence electrons. The molecule has 1 saturated heterocycles. The maximum Gasteiger partial charge on any atom is 0.0540 e. The van der Waals surface area contributed by atoms with Crippen molar-refractivity contribution in [2.75, 3.05) is 45.8 Å². The predicted octanol–water partition coefficient (Wildman–Crippen LogP) is 5.55. The van der Waals surface area contributed by atoms with Crippen LogP contribution in [0.4, 0.5) is 0 Å². The van der Waals surface area contributed by atoms with Crippen molar-refractivity contribution in [3.63, 3.8) is 0 Å². The van der Waals surface area contributed by atoms with Gasteiger partial charge in [0.05, 0.1) is 6.10 Å². The lowest BCUT2D eigenvalue weighted by Gasteiger charge is -2.36. The SMILES string of the molecule is CCCC1CCC(CN2CCN[C@H](C)C2)CC1.CCCN(CCC)CC1CCC(O)CC1. The first-order chi connectivity index (χ1) is 15.5. The molecule has 4 nitrogen and oxygen atoms in total. The second-order valence-corrected chi connectivity index (χ2v) is 11.3. The third-order valence-corrected chi connectivity index (χ3v) is 8.04. The summed E-state index contributed by atoms with van der Waals surface area (Å²) in [7, 11) is 0. The smallest absolute Gasteiger partial charge is 0.0540 e. The Hall–Kier alpha value is -0.160. The van der Waals surface area contributed by atoms with Crippen LogP contribution in [0.25, 0.3) is 0 Å². The summed E-state index contributed by atoms with van der Waals surface area (Å²) in [6.45, 7) is 18.0. The van der Waals surface area contributed by atoms with E-state index in [1.165, 1.54) is 110 Å². The zero-order valence-corrected chi connectivity index (χ0v) is 22.2. The van der Waals surface area contributed by atoms with Crippen LogP contribution in [-0.4, -0.2) is 72.9 Å². The van der Waals surface area contributed by atoms with Crippen LogP contribution in [0.5, 0.6) is 0 Å². The molecule has 0 aromatic carbocycles. The van der Waals surface area contributed by atoms with Crippen LogP contribution >= 0.6 is 0 Å². The zero-order chi connectivity index (χ0) is 23.2. The molecule has 1 heterocycles. The van der Waals surface area contributed by atoms with E-state index in [9.17, 15) is 5.11 Å². The number of rotatable bonds is 10. The highest BCUT2D eigenvalue weighted by atomic mass is 16.3. The maximum absolute atomic E-state index is 9.45. The van der Waals surface area contributed by atoms with E-state index in [4.69, 9.17) is 0 Å². The molecule has 2 saturated carbocycles. The maximum atomic E-state index is 9.45. The van der Waals surface area contributed by atoms with Crippen LogP contribution in [-0.2, 0) is 0 Å². The lowest BCUT2D eigenvalue weighted by Crippen LogP contribution is -2.50. The summed E-state index contributed by atoms with van der Waals surface area (Å²) in [6.07, 6.45) is 15.8. The minimum absolute atomic E-state index is 0.00736. The van der Waals surface area contributed by atoms with Gasteiger partial charge in [0, 0.05) is 38.8 Å². The highest BCUT2D eigenvalue weighted by Gasteiger charge is 2.24. The summed E-state index contributed by atoms with van der Waals surface area (Å²) in [4.78, 5) is 5.29. The Kier molecular flexibility index (Phi) is 14.4. The van der Waals surface area contributed by atoms with Crippen molar-refractivity contribution < 1.29 is 5.11 Å². The fraction of sp³-hybridized carbons (Fsp3) is 1.00. The van der Waals surface area contributed by atoms with Crippen molar-refractivity contribution >= 4 is 0 Å². The zero-order valence-electron chi connectivity index (χ0n) is 22.2. The summed E-state index contributed by atoms with van der Waals surface area (Å²) >= 11 is 0. The minimum Gasteiger partial charge on any atom is -0.393 e. The average molecular weight is 452 g/mol. The van der Waals surface area contributed by atoms with Crippen LogP contribution in [0.15, 0.2) is 0 Å². The summed E-state index contributed by atoms with van der Waals surface area (Å²) in [5.41, 5.74) is 0. The molecular formula is C28H57N3O. The van der Waals surface area contributed by atoms with E-state index in [2.05, 4.69) is 42.8 Å². The first-order valence-corrected chi connectivity index (χ1v) is 14.4. The molecule has 0 aromatic heterocycles. The lowest BCUT2D eigenvalue weighted by atomic mass is 9.80. The molecule has 2 aliphatic carbocycles. The van der Waals surface area contributed by atoms with Crippen molar-refractivity contribution in [1.29, 1.82) is 0 Å². The van der Waals surface area contributed by atoms with E-state index < -0.39 is 0 Å². The monoisotopic (exact) mass is 451 g/mol. The van der Waals surface area contributed by atoms with Gasteiger partial charge in [0.15, 0.2) is 0 Å². The summed E-state index contributed by atoms with van der Waals surface area (Å²) < 4.78 is 0. The molecule has 4 heteroatoms. The van der Waals surface area contributed by atoms with E-state index in [1.807, 2.05) is 0 Å². The Bertz CT molecular complexity index is 438. The van der Waals surface area contributed by atoms with Crippen molar-refractivity contribution in [2.45, 2.75) is 117 Å². The second kappa shape index (κ2) is 16.5. The summed E-state index contributed by atoms with van der Waals surface area (Å²) in [5.74, 6) is 2.89. The van der Waals surface area contributed by atoms with Gasteiger partial charge in [-0.05, 0) is 89.1 Å². The minimum atomic E-state index is -0.00736. The molecule has 1 aliphatic heterocycles. The number of aliphatic hydroxyl groups excluding tert-OH is 1. The van der Waals surface area contributed by atoms with Gasteiger partial charge in [0.2, 0.25) is 0 Å². The third-order valence-electron chi connectivity index (χ3n) is 8.04. The van der Waals surface area contributed by atoms with Crippen LogP contribution in [0.1, 0.15) is 105 Å². The molecule has 0 radical (unpaired) electrons. The van der Waals surface area contributed by atoms with Crippen molar-refractivity contribution in [1.82, 2.24) is 15.1 Å². The van der Waals surface area contributed by atoms with E-state index in [0.29, 0.717) is 6.04 Å². The molecule has 32 heavy (non-hydrogen) atoms. The van der Waals surface area contributed by atoms with Gasteiger partial charge in [0.25, 0.3) is 0 Å². The molecule has 3 fully saturated rings.